The minimum absolute atomic E-state index is 0.0149. The first-order valence-corrected chi connectivity index (χ1v) is 8.15. The summed E-state index contributed by atoms with van der Waals surface area (Å²) in [5.74, 6) is -0.867. The first-order chi connectivity index (χ1) is 10.0. The summed E-state index contributed by atoms with van der Waals surface area (Å²) in [6.45, 7) is 2.61. The van der Waals surface area contributed by atoms with Gasteiger partial charge in [-0.1, -0.05) is 37.3 Å². The van der Waals surface area contributed by atoms with Crippen LogP contribution in [0.25, 0.3) is 0 Å². The highest BCUT2D eigenvalue weighted by molar-refractivity contribution is 7.99. The van der Waals surface area contributed by atoms with Crippen molar-refractivity contribution in [2.75, 3.05) is 12.8 Å². The molecule has 1 rings (SSSR count). The SMILES string of the molecule is CSC(C)CNC(=O)NC(CCC(=O)O)c1ccccc1. The van der Waals surface area contributed by atoms with E-state index in [0.29, 0.717) is 18.2 Å². The Balaban J connectivity index is 2.60. The summed E-state index contributed by atoms with van der Waals surface area (Å²) < 4.78 is 0. The van der Waals surface area contributed by atoms with Gasteiger partial charge in [-0.15, -0.1) is 0 Å². The fraction of sp³-hybridized carbons (Fsp3) is 0.467. The van der Waals surface area contributed by atoms with Crippen molar-refractivity contribution < 1.29 is 14.7 Å². The molecule has 0 saturated carbocycles. The van der Waals surface area contributed by atoms with Crippen molar-refractivity contribution in [3.63, 3.8) is 0 Å². The van der Waals surface area contributed by atoms with Gasteiger partial charge < -0.3 is 15.7 Å². The predicted molar refractivity (Wildman–Crippen MR) is 85.6 cm³/mol. The Morgan fingerprint density at radius 2 is 1.95 bits per heavy atom. The van der Waals surface area contributed by atoms with Gasteiger partial charge in [0.1, 0.15) is 0 Å². The molecule has 1 aromatic rings. The van der Waals surface area contributed by atoms with Crippen LogP contribution >= 0.6 is 11.8 Å². The van der Waals surface area contributed by atoms with Gasteiger partial charge in [0.2, 0.25) is 0 Å². The highest BCUT2D eigenvalue weighted by atomic mass is 32.2. The highest BCUT2D eigenvalue weighted by Gasteiger charge is 2.16. The number of benzene rings is 1. The Kier molecular flexibility index (Phi) is 7.68. The molecular weight excluding hydrogens is 288 g/mol. The van der Waals surface area contributed by atoms with E-state index in [9.17, 15) is 9.59 Å². The van der Waals surface area contributed by atoms with E-state index in [0.717, 1.165) is 5.56 Å². The third-order valence-electron chi connectivity index (χ3n) is 3.11. The number of aliphatic carboxylic acids is 1. The second-order valence-electron chi connectivity index (χ2n) is 4.80. The number of carbonyl (C=O) groups is 2. The van der Waals surface area contributed by atoms with E-state index >= 15 is 0 Å². The molecule has 2 atom stereocenters. The largest absolute Gasteiger partial charge is 0.481 e. The number of carboxylic acids is 1. The van der Waals surface area contributed by atoms with Gasteiger partial charge >= 0.3 is 12.0 Å². The number of hydrogen-bond acceptors (Lipinski definition) is 3. The molecule has 6 heteroatoms. The molecule has 1 aromatic carbocycles. The average molecular weight is 310 g/mol. The van der Waals surface area contributed by atoms with Crippen LogP contribution in [-0.4, -0.2) is 35.2 Å². The topological polar surface area (TPSA) is 78.4 Å². The fourth-order valence-electron chi connectivity index (χ4n) is 1.80. The first-order valence-electron chi connectivity index (χ1n) is 6.86. The molecule has 21 heavy (non-hydrogen) atoms. The van der Waals surface area contributed by atoms with Crippen molar-refractivity contribution in [2.45, 2.75) is 31.1 Å². The van der Waals surface area contributed by atoms with Crippen molar-refractivity contribution in [3.05, 3.63) is 35.9 Å². The lowest BCUT2D eigenvalue weighted by atomic mass is 10.0. The number of urea groups is 1. The molecular formula is C15H22N2O3S. The third kappa shape index (κ3) is 7.04. The van der Waals surface area contributed by atoms with E-state index in [4.69, 9.17) is 5.11 Å². The standard InChI is InChI=1S/C15H22N2O3S/c1-11(21-2)10-16-15(20)17-13(8-9-14(18)19)12-6-4-3-5-7-12/h3-7,11,13H,8-10H2,1-2H3,(H,18,19)(H2,16,17,20). The molecule has 0 spiro atoms. The molecule has 5 nitrogen and oxygen atoms in total. The molecule has 0 aromatic heterocycles. The molecule has 2 amide bonds. The molecule has 0 radical (unpaired) electrons. The van der Waals surface area contributed by atoms with Crippen molar-refractivity contribution in [3.8, 4) is 0 Å². The lowest BCUT2D eigenvalue weighted by Gasteiger charge is -2.19. The predicted octanol–water partition coefficient (Wildman–Crippen LogP) is 2.64. The highest BCUT2D eigenvalue weighted by Crippen LogP contribution is 2.18. The second kappa shape index (κ2) is 9.28. The minimum atomic E-state index is -0.867. The Hall–Kier alpha value is -1.69. The summed E-state index contributed by atoms with van der Waals surface area (Å²) in [7, 11) is 0. The smallest absolute Gasteiger partial charge is 0.315 e. The van der Waals surface area contributed by atoms with E-state index in [1.807, 2.05) is 43.5 Å². The summed E-state index contributed by atoms with van der Waals surface area (Å²) >= 11 is 1.68. The Morgan fingerprint density at radius 3 is 2.52 bits per heavy atom. The van der Waals surface area contributed by atoms with Crippen LogP contribution in [0.2, 0.25) is 0 Å². The monoisotopic (exact) mass is 310 g/mol. The quantitative estimate of drug-likeness (QED) is 0.690. The maximum atomic E-state index is 11.9. The molecule has 3 N–H and O–H groups in total. The second-order valence-corrected chi connectivity index (χ2v) is 6.07. The van der Waals surface area contributed by atoms with Crippen LogP contribution in [0.3, 0.4) is 0 Å². The zero-order valence-electron chi connectivity index (χ0n) is 12.3. The van der Waals surface area contributed by atoms with E-state index in [1.54, 1.807) is 11.8 Å². The first kappa shape index (κ1) is 17.4. The van der Waals surface area contributed by atoms with Crippen molar-refractivity contribution in [1.82, 2.24) is 10.6 Å². The van der Waals surface area contributed by atoms with Crippen LogP contribution in [0, 0.1) is 0 Å². The molecule has 0 fully saturated rings. The zero-order valence-corrected chi connectivity index (χ0v) is 13.2. The summed E-state index contributed by atoms with van der Waals surface area (Å²) in [6, 6.07) is 8.84. The number of carboxylic acid groups (broad SMARTS) is 1. The van der Waals surface area contributed by atoms with Crippen LogP contribution in [0.15, 0.2) is 30.3 Å². The lowest BCUT2D eigenvalue weighted by molar-refractivity contribution is -0.137. The number of nitrogens with one attached hydrogen (secondary N) is 2. The van der Waals surface area contributed by atoms with E-state index in [2.05, 4.69) is 10.6 Å². The van der Waals surface area contributed by atoms with Gasteiger partial charge in [0.25, 0.3) is 0 Å². The Labute approximate surface area is 129 Å². The molecule has 0 aliphatic carbocycles. The van der Waals surface area contributed by atoms with E-state index < -0.39 is 5.97 Å². The summed E-state index contributed by atoms with van der Waals surface area (Å²) in [5, 5.41) is 14.8. The van der Waals surface area contributed by atoms with Crippen LogP contribution in [-0.2, 0) is 4.79 Å². The van der Waals surface area contributed by atoms with Crippen molar-refractivity contribution >= 4 is 23.8 Å². The third-order valence-corrected chi connectivity index (χ3v) is 4.08. The van der Waals surface area contributed by atoms with Crippen LogP contribution in [0.5, 0.6) is 0 Å². The fourth-order valence-corrected chi connectivity index (χ4v) is 2.05. The molecule has 0 aliphatic rings. The zero-order chi connectivity index (χ0) is 15.7. The number of amides is 2. The van der Waals surface area contributed by atoms with Gasteiger partial charge in [-0.05, 0) is 18.2 Å². The van der Waals surface area contributed by atoms with Crippen molar-refractivity contribution in [2.24, 2.45) is 0 Å². The summed E-state index contributed by atoms with van der Waals surface area (Å²) in [6.07, 6.45) is 2.37. The summed E-state index contributed by atoms with van der Waals surface area (Å²) in [5.41, 5.74) is 0.909. The van der Waals surface area contributed by atoms with Crippen LogP contribution in [0.1, 0.15) is 31.4 Å². The van der Waals surface area contributed by atoms with Gasteiger partial charge in [0.05, 0.1) is 6.04 Å². The van der Waals surface area contributed by atoms with Gasteiger partial charge in [-0.2, -0.15) is 11.8 Å². The van der Waals surface area contributed by atoms with E-state index in [-0.39, 0.29) is 18.5 Å². The van der Waals surface area contributed by atoms with Gasteiger partial charge in [0.15, 0.2) is 0 Å². The maximum absolute atomic E-state index is 11.9. The number of rotatable bonds is 8. The molecule has 0 bridgehead atoms. The number of thioether (sulfide) groups is 1. The van der Waals surface area contributed by atoms with Crippen molar-refractivity contribution in [1.29, 1.82) is 0 Å². The maximum Gasteiger partial charge on any atom is 0.315 e. The molecule has 116 valence electrons. The number of hydrogen-bond donors (Lipinski definition) is 3. The normalized spacial score (nSPS) is 13.2. The van der Waals surface area contributed by atoms with Gasteiger partial charge in [-0.3, -0.25) is 4.79 Å². The molecule has 0 heterocycles. The molecule has 0 saturated heterocycles. The Bertz CT molecular complexity index is 453. The van der Waals surface area contributed by atoms with E-state index in [1.165, 1.54) is 0 Å². The van der Waals surface area contributed by atoms with Crippen LogP contribution < -0.4 is 10.6 Å². The van der Waals surface area contributed by atoms with Gasteiger partial charge in [0, 0.05) is 18.2 Å². The lowest BCUT2D eigenvalue weighted by Crippen LogP contribution is -2.40. The summed E-state index contributed by atoms with van der Waals surface area (Å²) in [4.78, 5) is 22.7. The minimum Gasteiger partial charge on any atom is -0.481 e. The molecule has 2 unspecified atom stereocenters. The number of carbonyl (C=O) groups excluding carboxylic acids is 1. The van der Waals surface area contributed by atoms with Gasteiger partial charge in [-0.25, -0.2) is 4.79 Å². The molecule has 0 aliphatic heterocycles. The average Bonchev–Trinajstić information content (AvgIpc) is 2.49. The Morgan fingerprint density at radius 1 is 1.29 bits per heavy atom. The van der Waals surface area contributed by atoms with Crippen LogP contribution in [0.4, 0.5) is 4.79 Å².